The maximum atomic E-state index is 12.8. The number of carbonyl (C=O) groups excluding carboxylic acids is 1. The average molecular weight is 347 g/mol. The molecule has 2 aliphatic rings. The van der Waals surface area contributed by atoms with E-state index in [0.29, 0.717) is 41.7 Å². The van der Waals surface area contributed by atoms with E-state index in [4.69, 9.17) is 10.5 Å². The van der Waals surface area contributed by atoms with E-state index in [9.17, 15) is 14.9 Å². The normalized spacial score (nSPS) is 20.0. The quantitative estimate of drug-likeness (QED) is 0.824. The number of Topliss-reactive ketones (excluding diaryl/α,β-unsaturated/α-hetero) is 1. The van der Waals surface area contributed by atoms with E-state index in [1.54, 1.807) is 6.07 Å². The number of fused-ring (bicyclic) bond motifs is 1. The molecule has 130 valence electrons. The number of allylic oxidation sites excluding steroid dienone is 3. The third kappa shape index (κ3) is 2.40. The summed E-state index contributed by atoms with van der Waals surface area (Å²) in [6.07, 6.45) is 1.62. The van der Waals surface area contributed by atoms with Crippen molar-refractivity contribution in [1.82, 2.24) is 4.98 Å². The molecule has 2 aromatic rings. The molecular weight excluding hydrogens is 330 g/mol. The zero-order valence-electron chi connectivity index (χ0n) is 14.3. The molecule has 1 unspecified atom stereocenters. The fraction of sp³-hybridized carbons (Fsp3) is 0.250. The van der Waals surface area contributed by atoms with E-state index in [1.807, 2.05) is 31.2 Å². The van der Waals surface area contributed by atoms with E-state index in [0.717, 1.165) is 10.9 Å². The summed E-state index contributed by atoms with van der Waals surface area (Å²) < 4.78 is 5.54. The molecule has 1 aliphatic carbocycles. The van der Waals surface area contributed by atoms with Crippen LogP contribution >= 0.6 is 0 Å². The summed E-state index contributed by atoms with van der Waals surface area (Å²) in [5.74, 6) is -0.438. The fourth-order valence-corrected chi connectivity index (χ4v) is 3.72. The number of aryl methyl sites for hydroxylation is 1. The van der Waals surface area contributed by atoms with Crippen LogP contribution in [0.5, 0.6) is 0 Å². The molecule has 6 nitrogen and oxygen atoms in total. The van der Waals surface area contributed by atoms with E-state index >= 15 is 0 Å². The Bertz CT molecular complexity index is 1120. The molecule has 0 saturated carbocycles. The molecule has 2 heterocycles. The van der Waals surface area contributed by atoms with E-state index in [2.05, 4.69) is 4.98 Å². The lowest BCUT2D eigenvalue weighted by Crippen LogP contribution is -2.30. The average Bonchev–Trinajstić information content (AvgIpc) is 2.60. The number of rotatable bonds is 1. The van der Waals surface area contributed by atoms with Crippen molar-refractivity contribution in [2.45, 2.75) is 32.1 Å². The van der Waals surface area contributed by atoms with Crippen LogP contribution in [0.1, 0.15) is 36.3 Å². The van der Waals surface area contributed by atoms with Gasteiger partial charge in [-0.3, -0.25) is 9.59 Å². The number of nitriles is 1. The molecular formula is C20H17N3O3. The van der Waals surface area contributed by atoms with Crippen LogP contribution in [-0.4, -0.2) is 10.8 Å². The number of nitrogens with two attached hydrogens (primary N) is 1. The molecule has 26 heavy (non-hydrogen) atoms. The van der Waals surface area contributed by atoms with Crippen molar-refractivity contribution in [2.24, 2.45) is 5.73 Å². The van der Waals surface area contributed by atoms with Gasteiger partial charge in [-0.25, -0.2) is 0 Å². The lowest BCUT2D eigenvalue weighted by atomic mass is 9.78. The summed E-state index contributed by atoms with van der Waals surface area (Å²) in [4.78, 5) is 28.2. The minimum atomic E-state index is -0.787. The molecule has 0 spiro atoms. The number of benzene rings is 1. The number of ether oxygens (including phenoxy) is 1. The molecule has 4 rings (SSSR count). The summed E-state index contributed by atoms with van der Waals surface area (Å²) >= 11 is 0. The highest BCUT2D eigenvalue weighted by Crippen LogP contribution is 2.42. The second-order valence-corrected chi connectivity index (χ2v) is 6.68. The van der Waals surface area contributed by atoms with Gasteiger partial charge in [0.2, 0.25) is 5.88 Å². The Kier molecular flexibility index (Phi) is 3.66. The van der Waals surface area contributed by atoms with Crippen molar-refractivity contribution in [3.05, 3.63) is 68.5 Å². The zero-order chi connectivity index (χ0) is 18.4. The van der Waals surface area contributed by atoms with Gasteiger partial charge in [-0.1, -0.05) is 11.6 Å². The lowest BCUT2D eigenvalue weighted by molar-refractivity contribution is -0.116. The first-order chi connectivity index (χ1) is 12.5. The predicted molar refractivity (Wildman–Crippen MR) is 95.8 cm³/mol. The maximum absolute atomic E-state index is 12.8. The summed E-state index contributed by atoms with van der Waals surface area (Å²) in [6.45, 7) is 1.96. The molecule has 0 bridgehead atoms. The van der Waals surface area contributed by atoms with Crippen LogP contribution < -0.4 is 11.3 Å². The number of carbonyl (C=O) groups is 1. The van der Waals surface area contributed by atoms with Crippen LogP contribution in [0, 0.1) is 18.3 Å². The minimum Gasteiger partial charge on any atom is -0.444 e. The maximum Gasteiger partial charge on any atom is 0.252 e. The Morgan fingerprint density at radius 3 is 2.85 bits per heavy atom. The Morgan fingerprint density at radius 1 is 1.27 bits per heavy atom. The number of ketones is 1. The topological polar surface area (TPSA) is 109 Å². The van der Waals surface area contributed by atoms with Gasteiger partial charge in [0.25, 0.3) is 5.56 Å². The largest absolute Gasteiger partial charge is 0.444 e. The highest BCUT2D eigenvalue weighted by Gasteiger charge is 2.39. The lowest BCUT2D eigenvalue weighted by Gasteiger charge is -2.30. The fourth-order valence-electron chi connectivity index (χ4n) is 3.72. The highest BCUT2D eigenvalue weighted by molar-refractivity contribution is 5.99. The summed E-state index contributed by atoms with van der Waals surface area (Å²) in [7, 11) is 0. The van der Waals surface area contributed by atoms with Gasteiger partial charge in [-0.15, -0.1) is 0 Å². The number of aromatic nitrogens is 1. The van der Waals surface area contributed by atoms with Crippen molar-refractivity contribution in [2.75, 3.05) is 0 Å². The van der Waals surface area contributed by atoms with Crippen molar-refractivity contribution in [3.63, 3.8) is 0 Å². The van der Waals surface area contributed by atoms with Crippen LogP contribution in [0.2, 0.25) is 0 Å². The van der Waals surface area contributed by atoms with Crippen LogP contribution in [0.15, 0.2) is 51.8 Å². The van der Waals surface area contributed by atoms with E-state index < -0.39 is 5.92 Å². The Hall–Kier alpha value is -3.33. The monoisotopic (exact) mass is 347 g/mol. The Balaban J connectivity index is 2.00. The first kappa shape index (κ1) is 16.2. The predicted octanol–water partition coefficient (Wildman–Crippen LogP) is 2.65. The third-order valence-electron chi connectivity index (χ3n) is 4.94. The molecule has 1 aliphatic heterocycles. The number of nitrogens with one attached hydrogen (secondary N) is 1. The van der Waals surface area contributed by atoms with Gasteiger partial charge < -0.3 is 15.5 Å². The highest BCUT2D eigenvalue weighted by atomic mass is 16.5. The summed E-state index contributed by atoms with van der Waals surface area (Å²) in [5.41, 5.74) is 8.19. The third-order valence-corrected chi connectivity index (χ3v) is 4.94. The van der Waals surface area contributed by atoms with Crippen molar-refractivity contribution >= 4 is 16.7 Å². The van der Waals surface area contributed by atoms with Gasteiger partial charge in [-0.05, 0) is 36.9 Å². The minimum absolute atomic E-state index is 0.0327. The molecule has 0 amide bonds. The van der Waals surface area contributed by atoms with Gasteiger partial charge in [0, 0.05) is 29.5 Å². The van der Waals surface area contributed by atoms with Gasteiger partial charge in [0.1, 0.15) is 17.4 Å². The Morgan fingerprint density at radius 2 is 2.08 bits per heavy atom. The molecule has 1 aromatic heterocycles. The van der Waals surface area contributed by atoms with Crippen LogP contribution in [0.4, 0.5) is 0 Å². The molecule has 0 radical (unpaired) electrons. The smallest absolute Gasteiger partial charge is 0.252 e. The summed E-state index contributed by atoms with van der Waals surface area (Å²) in [6, 6.07) is 9.48. The number of pyridine rings is 1. The van der Waals surface area contributed by atoms with Gasteiger partial charge in [0.05, 0.1) is 5.92 Å². The second kappa shape index (κ2) is 5.88. The van der Waals surface area contributed by atoms with E-state index in [1.165, 1.54) is 0 Å². The first-order valence-corrected chi connectivity index (χ1v) is 8.47. The first-order valence-electron chi connectivity index (χ1n) is 8.47. The number of aromatic amines is 1. The van der Waals surface area contributed by atoms with Crippen LogP contribution in [-0.2, 0) is 9.53 Å². The van der Waals surface area contributed by atoms with Gasteiger partial charge >= 0.3 is 0 Å². The molecule has 0 fully saturated rings. The van der Waals surface area contributed by atoms with Crippen molar-refractivity contribution < 1.29 is 9.53 Å². The number of H-pyrrole nitrogens is 1. The standard InChI is InChI=1S/C20H17N3O3/c1-10-5-6-14-11(7-10)8-12(20(25)23-14)17-13(9-21)19(22)26-16-4-2-3-15(24)18(16)17/h5-8,17H,2-4,22H2,1H3,(H,23,25). The van der Waals surface area contributed by atoms with Crippen molar-refractivity contribution in [1.29, 1.82) is 5.26 Å². The molecule has 6 heteroatoms. The molecule has 3 N–H and O–H groups in total. The summed E-state index contributed by atoms with van der Waals surface area (Å²) in [5, 5.41) is 10.4. The zero-order valence-corrected chi connectivity index (χ0v) is 14.3. The van der Waals surface area contributed by atoms with Crippen LogP contribution in [0.3, 0.4) is 0 Å². The second-order valence-electron chi connectivity index (χ2n) is 6.68. The number of hydrogen-bond donors (Lipinski definition) is 2. The van der Waals surface area contributed by atoms with Crippen LogP contribution in [0.25, 0.3) is 10.9 Å². The number of nitrogens with zero attached hydrogens (tertiary/aromatic N) is 1. The molecule has 1 aromatic carbocycles. The van der Waals surface area contributed by atoms with E-state index in [-0.39, 0.29) is 22.8 Å². The molecule has 0 saturated heterocycles. The SMILES string of the molecule is Cc1ccc2[nH]c(=O)c(C3C(C#N)=C(N)OC4=C3C(=O)CCC4)cc2c1. The molecule has 1 atom stereocenters. The van der Waals surface area contributed by atoms with Crippen molar-refractivity contribution in [3.8, 4) is 6.07 Å². The van der Waals surface area contributed by atoms with Gasteiger partial charge in [0.15, 0.2) is 5.78 Å². The van der Waals surface area contributed by atoms with Gasteiger partial charge in [-0.2, -0.15) is 5.26 Å². The Labute approximate surface area is 149 Å². The number of hydrogen-bond acceptors (Lipinski definition) is 5.